The van der Waals surface area contributed by atoms with Crippen molar-refractivity contribution in [2.24, 2.45) is 0 Å². The molecule has 0 spiro atoms. The molecule has 150 valence electrons. The van der Waals surface area contributed by atoms with Crippen molar-refractivity contribution in [2.75, 3.05) is 13.1 Å². The minimum Gasteiger partial charge on any atom is -0.360 e. The van der Waals surface area contributed by atoms with Crippen molar-refractivity contribution in [3.63, 3.8) is 0 Å². The standard InChI is InChI=1S/C21H20FN3O3S/c1-13-18(19(24-28-13)14-2-4-16(22)5-3-14)21(27)25-9-6-17(7-10-25)23-20(26)15-8-11-29-12-15/h2-5,8,11-12,17H,6-7,9-10H2,1H3,(H,23,26). The molecule has 1 aromatic carbocycles. The van der Waals surface area contributed by atoms with Crippen LogP contribution >= 0.6 is 11.3 Å². The smallest absolute Gasteiger partial charge is 0.259 e. The van der Waals surface area contributed by atoms with Gasteiger partial charge in [-0.25, -0.2) is 4.39 Å². The number of carbonyl (C=O) groups is 2. The molecule has 4 rings (SSSR count). The third-order valence-corrected chi connectivity index (χ3v) is 5.78. The zero-order chi connectivity index (χ0) is 20.4. The number of nitrogens with one attached hydrogen (secondary N) is 1. The SMILES string of the molecule is Cc1onc(-c2ccc(F)cc2)c1C(=O)N1CCC(NC(=O)c2ccsc2)CC1. The minimum absolute atomic E-state index is 0.0339. The molecule has 2 amide bonds. The van der Waals surface area contributed by atoms with E-state index in [9.17, 15) is 14.0 Å². The Kier molecular flexibility index (Phi) is 5.44. The second-order valence-corrected chi connectivity index (χ2v) is 7.80. The maximum absolute atomic E-state index is 13.2. The van der Waals surface area contributed by atoms with Gasteiger partial charge < -0.3 is 14.7 Å². The Hall–Kier alpha value is -3.00. The van der Waals surface area contributed by atoms with Crippen LogP contribution in [0.1, 0.15) is 39.3 Å². The summed E-state index contributed by atoms with van der Waals surface area (Å²) in [6, 6.07) is 7.65. The summed E-state index contributed by atoms with van der Waals surface area (Å²) in [5.74, 6) is -0.161. The van der Waals surface area contributed by atoms with Gasteiger partial charge in [0.05, 0.1) is 0 Å². The summed E-state index contributed by atoms with van der Waals surface area (Å²) in [5.41, 5.74) is 2.11. The predicted octanol–water partition coefficient (Wildman–Crippen LogP) is 3.89. The lowest BCUT2D eigenvalue weighted by atomic mass is 10.0. The van der Waals surface area contributed by atoms with Crippen LogP contribution in [-0.4, -0.2) is 41.0 Å². The van der Waals surface area contributed by atoms with Gasteiger partial charge in [-0.05, 0) is 55.5 Å². The van der Waals surface area contributed by atoms with Gasteiger partial charge in [0.2, 0.25) is 0 Å². The molecule has 8 heteroatoms. The molecule has 1 aliphatic heterocycles. The van der Waals surface area contributed by atoms with E-state index in [4.69, 9.17) is 4.52 Å². The van der Waals surface area contributed by atoms with Gasteiger partial charge in [-0.3, -0.25) is 9.59 Å². The number of rotatable bonds is 4. The maximum Gasteiger partial charge on any atom is 0.259 e. The average Bonchev–Trinajstić information content (AvgIpc) is 3.39. The molecule has 0 unspecified atom stereocenters. The van der Waals surface area contributed by atoms with Crippen molar-refractivity contribution < 1.29 is 18.5 Å². The molecule has 1 fully saturated rings. The fourth-order valence-corrected chi connectivity index (χ4v) is 4.11. The normalized spacial score (nSPS) is 14.8. The molecule has 1 N–H and O–H groups in total. The fraction of sp³-hybridized carbons (Fsp3) is 0.286. The molecule has 0 atom stereocenters. The lowest BCUT2D eigenvalue weighted by Gasteiger charge is -2.32. The number of hydrogen-bond donors (Lipinski definition) is 1. The van der Waals surface area contributed by atoms with Crippen molar-refractivity contribution in [2.45, 2.75) is 25.8 Å². The van der Waals surface area contributed by atoms with E-state index in [-0.39, 0.29) is 23.7 Å². The largest absolute Gasteiger partial charge is 0.360 e. The third kappa shape index (κ3) is 4.07. The first kappa shape index (κ1) is 19.3. The summed E-state index contributed by atoms with van der Waals surface area (Å²) in [6.07, 6.45) is 1.36. The molecule has 1 aliphatic rings. The molecular weight excluding hydrogens is 393 g/mol. The molecule has 0 radical (unpaired) electrons. The summed E-state index contributed by atoms with van der Waals surface area (Å²) in [6.45, 7) is 2.75. The number of aryl methyl sites for hydroxylation is 1. The van der Waals surface area contributed by atoms with Gasteiger partial charge in [-0.1, -0.05) is 5.16 Å². The second kappa shape index (κ2) is 8.16. The first-order valence-corrected chi connectivity index (χ1v) is 10.3. The van der Waals surface area contributed by atoms with Gasteiger partial charge in [0.15, 0.2) is 0 Å². The lowest BCUT2D eigenvalue weighted by Crippen LogP contribution is -2.46. The van der Waals surface area contributed by atoms with E-state index in [1.165, 1.54) is 23.5 Å². The quantitative estimate of drug-likeness (QED) is 0.704. The average molecular weight is 413 g/mol. The van der Waals surface area contributed by atoms with Crippen LogP contribution in [0.15, 0.2) is 45.6 Å². The number of halogens is 1. The van der Waals surface area contributed by atoms with Crippen molar-refractivity contribution in [1.82, 2.24) is 15.4 Å². The Bertz CT molecular complexity index is 1010. The Labute approximate surface area is 171 Å². The van der Waals surface area contributed by atoms with Gasteiger partial charge in [0.25, 0.3) is 11.8 Å². The zero-order valence-corrected chi connectivity index (χ0v) is 16.7. The minimum atomic E-state index is -0.353. The Morgan fingerprint density at radius 2 is 1.93 bits per heavy atom. The van der Waals surface area contributed by atoms with Crippen LogP contribution < -0.4 is 5.32 Å². The Morgan fingerprint density at radius 3 is 2.59 bits per heavy atom. The fourth-order valence-electron chi connectivity index (χ4n) is 3.48. The zero-order valence-electron chi connectivity index (χ0n) is 15.9. The molecular formula is C21H20FN3O3S. The van der Waals surface area contributed by atoms with Crippen molar-refractivity contribution in [1.29, 1.82) is 0 Å². The van der Waals surface area contributed by atoms with Crippen LogP contribution in [0.2, 0.25) is 0 Å². The van der Waals surface area contributed by atoms with Gasteiger partial charge in [-0.2, -0.15) is 11.3 Å². The number of piperidine rings is 1. The molecule has 29 heavy (non-hydrogen) atoms. The highest BCUT2D eigenvalue weighted by molar-refractivity contribution is 7.08. The second-order valence-electron chi connectivity index (χ2n) is 7.02. The molecule has 3 heterocycles. The molecule has 3 aromatic rings. The van der Waals surface area contributed by atoms with E-state index < -0.39 is 0 Å². The molecule has 6 nitrogen and oxygen atoms in total. The monoisotopic (exact) mass is 413 g/mol. The van der Waals surface area contributed by atoms with E-state index in [0.717, 1.165) is 0 Å². The van der Waals surface area contributed by atoms with E-state index in [0.29, 0.717) is 54.1 Å². The molecule has 0 bridgehead atoms. The first-order chi connectivity index (χ1) is 14.0. The third-order valence-electron chi connectivity index (χ3n) is 5.10. The van der Waals surface area contributed by atoms with Crippen molar-refractivity contribution in [3.05, 3.63) is 63.8 Å². The van der Waals surface area contributed by atoms with Gasteiger partial charge >= 0.3 is 0 Å². The summed E-state index contributed by atoms with van der Waals surface area (Å²) >= 11 is 1.48. The number of likely N-dealkylation sites (tertiary alicyclic amines) is 1. The van der Waals surface area contributed by atoms with Gasteiger partial charge in [-0.15, -0.1) is 0 Å². The van der Waals surface area contributed by atoms with E-state index in [1.54, 1.807) is 30.0 Å². The van der Waals surface area contributed by atoms with E-state index in [2.05, 4.69) is 10.5 Å². The number of amides is 2. The molecule has 0 saturated carbocycles. The molecule has 0 aliphatic carbocycles. The van der Waals surface area contributed by atoms with Crippen molar-refractivity contribution in [3.8, 4) is 11.3 Å². The van der Waals surface area contributed by atoms with E-state index >= 15 is 0 Å². The van der Waals surface area contributed by atoms with Crippen LogP contribution in [0.4, 0.5) is 4.39 Å². The first-order valence-electron chi connectivity index (χ1n) is 9.37. The Balaban J connectivity index is 1.43. The Morgan fingerprint density at radius 1 is 1.21 bits per heavy atom. The predicted molar refractivity (Wildman–Crippen MR) is 107 cm³/mol. The number of carbonyl (C=O) groups excluding carboxylic acids is 2. The number of thiophene rings is 1. The van der Waals surface area contributed by atoms with Gasteiger partial charge in [0, 0.05) is 35.6 Å². The highest BCUT2D eigenvalue weighted by Crippen LogP contribution is 2.27. The maximum atomic E-state index is 13.2. The van der Waals surface area contributed by atoms with Crippen LogP contribution in [-0.2, 0) is 0 Å². The van der Waals surface area contributed by atoms with Crippen LogP contribution in [0, 0.1) is 12.7 Å². The highest BCUT2D eigenvalue weighted by Gasteiger charge is 2.29. The highest BCUT2D eigenvalue weighted by atomic mass is 32.1. The number of nitrogens with zero attached hydrogens (tertiary/aromatic N) is 2. The van der Waals surface area contributed by atoms with E-state index in [1.807, 2.05) is 10.8 Å². The number of benzene rings is 1. The molecule has 2 aromatic heterocycles. The molecule has 1 saturated heterocycles. The van der Waals surface area contributed by atoms with Crippen LogP contribution in [0.3, 0.4) is 0 Å². The topological polar surface area (TPSA) is 75.4 Å². The van der Waals surface area contributed by atoms with Crippen LogP contribution in [0.5, 0.6) is 0 Å². The van der Waals surface area contributed by atoms with Crippen LogP contribution in [0.25, 0.3) is 11.3 Å². The summed E-state index contributed by atoms with van der Waals surface area (Å²) in [4.78, 5) is 27.1. The summed E-state index contributed by atoms with van der Waals surface area (Å²) in [5, 5.41) is 10.7. The van der Waals surface area contributed by atoms with Crippen molar-refractivity contribution >= 4 is 23.2 Å². The van der Waals surface area contributed by atoms with Gasteiger partial charge in [0.1, 0.15) is 22.8 Å². The number of hydrogen-bond acceptors (Lipinski definition) is 5. The summed E-state index contributed by atoms with van der Waals surface area (Å²) < 4.78 is 18.5. The number of aromatic nitrogens is 1. The summed E-state index contributed by atoms with van der Waals surface area (Å²) in [7, 11) is 0. The lowest BCUT2D eigenvalue weighted by molar-refractivity contribution is 0.0697.